The van der Waals surface area contributed by atoms with E-state index in [1.54, 1.807) is 28.8 Å². The van der Waals surface area contributed by atoms with Crippen molar-refractivity contribution in [3.63, 3.8) is 0 Å². The number of carboxylic acids is 1. The topological polar surface area (TPSA) is 114 Å². The summed E-state index contributed by atoms with van der Waals surface area (Å²) >= 11 is 0. The highest BCUT2D eigenvalue weighted by molar-refractivity contribution is 5.88. The van der Waals surface area contributed by atoms with Gasteiger partial charge in [-0.2, -0.15) is 8.78 Å². The third-order valence-corrected chi connectivity index (χ3v) is 6.49. The molecule has 0 atom stereocenters. The summed E-state index contributed by atoms with van der Waals surface area (Å²) in [6.07, 6.45) is 2.40. The number of aromatic carboxylic acids is 1. The van der Waals surface area contributed by atoms with Crippen LogP contribution in [0.2, 0.25) is 0 Å². The zero-order chi connectivity index (χ0) is 27.1. The van der Waals surface area contributed by atoms with Crippen molar-refractivity contribution in [2.45, 2.75) is 26.0 Å². The zero-order valence-electron chi connectivity index (χ0n) is 20.7. The quantitative estimate of drug-likeness (QED) is 0.370. The van der Waals surface area contributed by atoms with Gasteiger partial charge in [0.15, 0.2) is 11.4 Å². The van der Waals surface area contributed by atoms with E-state index in [-0.39, 0.29) is 29.3 Å². The number of nitrogens with zero attached hydrogens (tertiary/aromatic N) is 3. The first-order chi connectivity index (χ1) is 18.2. The second-order valence-corrected chi connectivity index (χ2v) is 8.53. The SMILES string of the molecule is COc1ccc(Cn2c3c(cc(C(=O)O)c2=O)CCc2c-3nc3c(OC(F)F)cc(OC)cn23)c(OC)c1. The molecule has 0 spiro atoms. The van der Waals surface area contributed by atoms with Crippen LogP contribution in [-0.2, 0) is 19.4 Å². The molecule has 1 aliphatic carbocycles. The van der Waals surface area contributed by atoms with Gasteiger partial charge >= 0.3 is 12.6 Å². The van der Waals surface area contributed by atoms with Gasteiger partial charge < -0.3 is 28.6 Å². The number of alkyl halides is 2. The summed E-state index contributed by atoms with van der Waals surface area (Å²) in [5, 5.41) is 9.74. The van der Waals surface area contributed by atoms with E-state index in [9.17, 15) is 23.5 Å². The standard InChI is InChI=1S/C26H23F2N3O7/c1-35-15-6-4-14(19(9-15)37-3)11-31-22-13(8-17(24(31)32)25(33)34)5-7-18-21(22)29-23-20(38-26(27)28)10-16(36-2)12-30(18)23/h4,6,8-10,12,26H,5,7,11H2,1-3H3,(H,33,34). The molecule has 1 N–H and O–H groups in total. The number of aryl methyl sites for hydroxylation is 2. The molecule has 0 aliphatic heterocycles. The number of benzene rings is 1. The largest absolute Gasteiger partial charge is 0.497 e. The van der Waals surface area contributed by atoms with Gasteiger partial charge in [0.2, 0.25) is 0 Å². The summed E-state index contributed by atoms with van der Waals surface area (Å²) in [6.45, 7) is -3.13. The maximum Gasteiger partial charge on any atom is 0.387 e. The van der Waals surface area contributed by atoms with Crippen molar-refractivity contribution in [2.75, 3.05) is 21.3 Å². The third kappa shape index (κ3) is 4.17. The van der Waals surface area contributed by atoms with Gasteiger partial charge in [-0.1, -0.05) is 0 Å². The minimum atomic E-state index is -3.09. The fourth-order valence-electron chi connectivity index (χ4n) is 4.77. The molecule has 0 fully saturated rings. The molecule has 0 amide bonds. The van der Waals surface area contributed by atoms with Gasteiger partial charge in [-0.3, -0.25) is 9.20 Å². The van der Waals surface area contributed by atoms with Gasteiger partial charge in [-0.15, -0.1) is 0 Å². The van der Waals surface area contributed by atoms with E-state index >= 15 is 0 Å². The van der Waals surface area contributed by atoms with Crippen LogP contribution in [0.1, 0.15) is 27.2 Å². The lowest BCUT2D eigenvalue weighted by Gasteiger charge is -2.22. The van der Waals surface area contributed by atoms with Crippen molar-refractivity contribution in [3.05, 3.63) is 69.3 Å². The van der Waals surface area contributed by atoms with Crippen molar-refractivity contribution in [3.8, 4) is 34.4 Å². The lowest BCUT2D eigenvalue weighted by atomic mass is 9.94. The van der Waals surface area contributed by atoms with Crippen LogP contribution < -0.4 is 24.5 Å². The molecule has 38 heavy (non-hydrogen) atoms. The molecule has 3 heterocycles. The number of ether oxygens (including phenoxy) is 4. The van der Waals surface area contributed by atoms with Crippen LogP contribution in [0.15, 0.2) is 41.3 Å². The van der Waals surface area contributed by atoms with E-state index < -0.39 is 18.1 Å². The van der Waals surface area contributed by atoms with Crippen LogP contribution in [0.5, 0.6) is 23.0 Å². The Bertz CT molecular complexity index is 1630. The zero-order valence-corrected chi connectivity index (χ0v) is 20.7. The van der Waals surface area contributed by atoms with Crippen LogP contribution in [0.4, 0.5) is 8.78 Å². The van der Waals surface area contributed by atoms with E-state index in [2.05, 4.69) is 4.98 Å². The minimum Gasteiger partial charge on any atom is -0.497 e. The molecule has 3 aromatic heterocycles. The Kier molecular flexibility index (Phi) is 6.39. The predicted molar refractivity (Wildman–Crippen MR) is 131 cm³/mol. The first kappa shape index (κ1) is 25.1. The van der Waals surface area contributed by atoms with Crippen molar-refractivity contribution in [2.24, 2.45) is 0 Å². The number of hydrogen-bond donors (Lipinski definition) is 1. The summed E-state index contributed by atoms with van der Waals surface area (Å²) in [7, 11) is 4.39. The van der Waals surface area contributed by atoms with Crippen molar-refractivity contribution in [1.82, 2.24) is 14.0 Å². The Morgan fingerprint density at radius 2 is 1.79 bits per heavy atom. The molecular formula is C26H23F2N3O7. The monoisotopic (exact) mass is 527 g/mol. The molecule has 0 saturated carbocycles. The van der Waals surface area contributed by atoms with Crippen molar-refractivity contribution in [1.29, 1.82) is 0 Å². The number of imidazole rings is 1. The first-order valence-corrected chi connectivity index (χ1v) is 11.5. The highest BCUT2D eigenvalue weighted by Crippen LogP contribution is 2.38. The van der Waals surface area contributed by atoms with Gasteiger partial charge in [0.25, 0.3) is 5.56 Å². The Hall–Kier alpha value is -4.61. The van der Waals surface area contributed by atoms with E-state index in [0.29, 0.717) is 52.5 Å². The Labute approximate surface area is 214 Å². The summed E-state index contributed by atoms with van der Waals surface area (Å²) in [5.41, 5.74) is 1.58. The predicted octanol–water partition coefficient (Wildman–Crippen LogP) is 3.64. The minimum absolute atomic E-state index is 0.0352. The van der Waals surface area contributed by atoms with Crippen molar-refractivity contribution >= 4 is 11.6 Å². The molecule has 0 bridgehead atoms. The second kappa shape index (κ2) is 9.69. The average Bonchev–Trinajstić information content (AvgIpc) is 3.28. The normalized spacial score (nSPS) is 12.3. The molecule has 0 radical (unpaired) electrons. The maximum atomic E-state index is 13.5. The van der Waals surface area contributed by atoms with Gasteiger partial charge in [0, 0.05) is 17.7 Å². The summed E-state index contributed by atoms with van der Waals surface area (Å²) in [4.78, 5) is 30.0. The smallest absolute Gasteiger partial charge is 0.387 e. The number of fused-ring (bicyclic) bond motifs is 5. The van der Waals surface area contributed by atoms with E-state index in [1.807, 2.05) is 0 Å². The van der Waals surface area contributed by atoms with Crippen molar-refractivity contribution < 1.29 is 37.6 Å². The molecular weight excluding hydrogens is 504 g/mol. The summed E-state index contributed by atoms with van der Waals surface area (Å²) in [5.74, 6) is -0.285. The van der Waals surface area contributed by atoms with Crippen LogP contribution in [0.3, 0.4) is 0 Å². The Balaban J connectivity index is 1.78. The van der Waals surface area contributed by atoms with Gasteiger partial charge in [0.1, 0.15) is 28.5 Å². The van der Waals surface area contributed by atoms with Crippen LogP contribution >= 0.6 is 0 Å². The lowest BCUT2D eigenvalue weighted by Crippen LogP contribution is -2.31. The summed E-state index contributed by atoms with van der Waals surface area (Å²) < 4.78 is 50.0. The van der Waals surface area contributed by atoms with E-state index in [1.165, 1.54) is 38.0 Å². The maximum absolute atomic E-state index is 13.5. The fraction of sp³-hybridized carbons (Fsp3) is 0.269. The van der Waals surface area contributed by atoms with Crippen LogP contribution in [0.25, 0.3) is 17.0 Å². The second-order valence-electron chi connectivity index (χ2n) is 8.53. The molecule has 1 aliphatic rings. The highest BCUT2D eigenvalue weighted by Gasteiger charge is 2.30. The molecule has 198 valence electrons. The average molecular weight is 527 g/mol. The Morgan fingerprint density at radius 1 is 1.05 bits per heavy atom. The van der Waals surface area contributed by atoms with Gasteiger partial charge in [0.05, 0.1) is 45.5 Å². The number of aromatic nitrogens is 3. The van der Waals surface area contributed by atoms with E-state index in [0.717, 1.165) is 0 Å². The number of rotatable bonds is 8. The first-order valence-electron chi connectivity index (χ1n) is 11.5. The van der Waals surface area contributed by atoms with Crippen LogP contribution in [-0.4, -0.2) is 53.0 Å². The molecule has 5 rings (SSSR count). The number of halogens is 2. The van der Waals surface area contributed by atoms with E-state index in [4.69, 9.17) is 18.9 Å². The third-order valence-electron chi connectivity index (χ3n) is 6.49. The highest BCUT2D eigenvalue weighted by atomic mass is 19.3. The van der Waals surface area contributed by atoms with Crippen LogP contribution in [0, 0.1) is 0 Å². The molecule has 4 aromatic rings. The Morgan fingerprint density at radius 3 is 2.45 bits per heavy atom. The molecule has 0 saturated heterocycles. The molecule has 10 nitrogen and oxygen atoms in total. The lowest BCUT2D eigenvalue weighted by molar-refractivity contribution is -0.0492. The number of carbonyl (C=O) groups is 1. The molecule has 0 unspecified atom stereocenters. The number of pyridine rings is 2. The van der Waals surface area contributed by atoms with Gasteiger partial charge in [-0.25, -0.2) is 9.78 Å². The molecule has 1 aromatic carbocycles. The molecule has 12 heteroatoms. The van der Waals surface area contributed by atoms with Gasteiger partial charge in [-0.05, 0) is 36.6 Å². The number of methoxy groups -OCH3 is 3. The number of hydrogen-bond acceptors (Lipinski definition) is 7. The summed E-state index contributed by atoms with van der Waals surface area (Å²) in [6, 6.07) is 7.74. The fourth-order valence-corrected chi connectivity index (χ4v) is 4.77. The number of carboxylic acid groups (broad SMARTS) is 1.